The van der Waals surface area contributed by atoms with Crippen molar-refractivity contribution >= 4 is 10.8 Å². The fourth-order valence-electron chi connectivity index (χ4n) is 2.86. The highest BCUT2D eigenvalue weighted by Gasteiger charge is 2.03. The van der Waals surface area contributed by atoms with Crippen molar-refractivity contribution in [3.63, 3.8) is 0 Å². The van der Waals surface area contributed by atoms with E-state index in [1.807, 2.05) is 12.4 Å². The lowest BCUT2D eigenvalue weighted by Crippen LogP contribution is -2.15. The number of fused-ring (bicyclic) bond motifs is 1. The number of benzene rings is 1. The van der Waals surface area contributed by atoms with Gasteiger partial charge in [0, 0.05) is 24.3 Å². The van der Waals surface area contributed by atoms with Gasteiger partial charge in [-0.3, -0.25) is 4.98 Å². The van der Waals surface area contributed by atoms with Gasteiger partial charge in [-0.1, -0.05) is 23.8 Å². The van der Waals surface area contributed by atoms with Crippen LogP contribution in [0.3, 0.4) is 0 Å². The Morgan fingerprint density at radius 3 is 3.00 bits per heavy atom. The van der Waals surface area contributed by atoms with Crippen molar-refractivity contribution in [2.24, 2.45) is 0 Å². The van der Waals surface area contributed by atoms with Crippen molar-refractivity contribution in [1.29, 1.82) is 0 Å². The maximum Gasteiger partial charge on any atom is 0.0346 e. The molecule has 104 valence electrons. The summed E-state index contributed by atoms with van der Waals surface area (Å²) >= 11 is 0. The average Bonchev–Trinajstić information content (AvgIpc) is 2.52. The molecule has 1 heterocycles. The predicted molar refractivity (Wildman–Crippen MR) is 84.6 cm³/mol. The first kappa shape index (κ1) is 13.3. The minimum absolute atomic E-state index is 0.950. The number of nitrogens with zero attached hydrogens (tertiary/aromatic N) is 1. The van der Waals surface area contributed by atoms with Crippen LogP contribution in [0.2, 0.25) is 0 Å². The van der Waals surface area contributed by atoms with E-state index in [9.17, 15) is 0 Å². The Kier molecular flexibility index (Phi) is 4.44. The Hall–Kier alpha value is -1.67. The van der Waals surface area contributed by atoms with Crippen LogP contribution in [0, 0.1) is 0 Å². The summed E-state index contributed by atoms with van der Waals surface area (Å²) in [4.78, 5) is 4.15. The summed E-state index contributed by atoms with van der Waals surface area (Å²) in [7, 11) is 0. The highest BCUT2D eigenvalue weighted by Crippen LogP contribution is 2.19. The summed E-state index contributed by atoms with van der Waals surface area (Å²) in [5, 5.41) is 6.04. The van der Waals surface area contributed by atoms with Crippen molar-refractivity contribution in [3.05, 3.63) is 53.9 Å². The molecule has 3 rings (SSSR count). The van der Waals surface area contributed by atoms with Crippen LogP contribution in [0.15, 0.2) is 48.3 Å². The zero-order valence-electron chi connectivity index (χ0n) is 11.9. The van der Waals surface area contributed by atoms with E-state index in [0.717, 1.165) is 13.1 Å². The van der Waals surface area contributed by atoms with Gasteiger partial charge < -0.3 is 5.32 Å². The van der Waals surface area contributed by atoms with Crippen LogP contribution in [0.25, 0.3) is 10.8 Å². The summed E-state index contributed by atoms with van der Waals surface area (Å²) in [5.74, 6) is 0. The molecule has 0 radical (unpaired) electrons. The Bertz CT molecular complexity index is 601. The molecule has 0 spiro atoms. The van der Waals surface area contributed by atoms with Gasteiger partial charge >= 0.3 is 0 Å². The fourth-order valence-corrected chi connectivity index (χ4v) is 2.86. The second-order valence-electron chi connectivity index (χ2n) is 5.59. The molecule has 1 aromatic heterocycles. The van der Waals surface area contributed by atoms with Crippen LogP contribution in [-0.2, 0) is 6.54 Å². The van der Waals surface area contributed by atoms with Crippen LogP contribution >= 0.6 is 0 Å². The summed E-state index contributed by atoms with van der Waals surface area (Å²) in [6.07, 6.45) is 12.8. The lowest BCUT2D eigenvalue weighted by atomic mass is 9.97. The van der Waals surface area contributed by atoms with Crippen LogP contribution < -0.4 is 5.32 Å². The normalized spacial score (nSPS) is 15.3. The molecule has 0 unspecified atom stereocenters. The first-order chi connectivity index (χ1) is 9.92. The van der Waals surface area contributed by atoms with Crippen molar-refractivity contribution in [2.75, 3.05) is 6.54 Å². The minimum Gasteiger partial charge on any atom is -0.312 e. The van der Waals surface area contributed by atoms with Gasteiger partial charge in [0.15, 0.2) is 0 Å². The second-order valence-corrected chi connectivity index (χ2v) is 5.59. The molecule has 1 aliphatic carbocycles. The average molecular weight is 266 g/mol. The first-order valence-electron chi connectivity index (χ1n) is 7.63. The van der Waals surface area contributed by atoms with Crippen LogP contribution in [0.5, 0.6) is 0 Å². The molecule has 1 aromatic carbocycles. The van der Waals surface area contributed by atoms with Gasteiger partial charge in [0.25, 0.3) is 0 Å². The number of rotatable bonds is 5. The second kappa shape index (κ2) is 6.67. The molecule has 0 aliphatic heterocycles. The van der Waals surface area contributed by atoms with Crippen molar-refractivity contribution in [1.82, 2.24) is 10.3 Å². The Morgan fingerprint density at radius 2 is 2.10 bits per heavy atom. The van der Waals surface area contributed by atoms with E-state index in [1.165, 1.54) is 48.4 Å². The molecule has 20 heavy (non-hydrogen) atoms. The van der Waals surface area contributed by atoms with Crippen molar-refractivity contribution in [2.45, 2.75) is 38.6 Å². The third kappa shape index (κ3) is 3.45. The van der Waals surface area contributed by atoms with Gasteiger partial charge in [0.05, 0.1) is 0 Å². The molecule has 0 bridgehead atoms. The maximum absolute atomic E-state index is 4.15. The van der Waals surface area contributed by atoms with Gasteiger partial charge in [0.2, 0.25) is 0 Å². The molecule has 0 saturated heterocycles. The number of aromatic nitrogens is 1. The Morgan fingerprint density at radius 1 is 1.10 bits per heavy atom. The SMILES string of the molecule is C1=C(CCNCc2ccc3cnccc3c2)CCCC1. The molecule has 1 N–H and O–H groups in total. The van der Waals surface area contributed by atoms with E-state index >= 15 is 0 Å². The van der Waals surface area contributed by atoms with E-state index < -0.39 is 0 Å². The molecule has 0 saturated carbocycles. The topological polar surface area (TPSA) is 24.9 Å². The molecule has 1 aliphatic rings. The van der Waals surface area contributed by atoms with E-state index in [-0.39, 0.29) is 0 Å². The maximum atomic E-state index is 4.15. The van der Waals surface area contributed by atoms with Crippen molar-refractivity contribution < 1.29 is 0 Å². The summed E-state index contributed by atoms with van der Waals surface area (Å²) < 4.78 is 0. The molecule has 0 fully saturated rings. The Balaban J connectivity index is 1.50. The Labute approximate surface area is 120 Å². The lowest BCUT2D eigenvalue weighted by molar-refractivity contribution is 0.632. The molecule has 2 heteroatoms. The molecule has 0 amide bonds. The summed E-state index contributed by atoms with van der Waals surface area (Å²) in [5.41, 5.74) is 3.00. The van der Waals surface area contributed by atoms with Crippen molar-refractivity contribution in [3.8, 4) is 0 Å². The molecule has 2 aromatic rings. The van der Waals surface area contributed by atoms with E-state index in [4.69, 9.17) is 0 Å². The molecule has 0 atom stereocenters. The quantitative estimate of drug-likeness (QED) is 0.647. The zero-order valence-corrected chi connectivity index (χ0v) is 11.9. The lowest BCUT2D eigenvalue weighted by Gasteiger charge is -2.13. The van der Waals surface area contributed by atoms with Gasteiger partial charge in [-0.25, -0.2) is 0 Å². The minimum atomic E-state index is 0.950. The third-order valence-corrected chi connectivity index (χ3v) is 4.04. The number of allylic oxidation sites excluding steroid dienone is 1. The number of nitrogens with one attached hydrogen (secondary N) is 1. The van der Waals surface area contributed by atoms with Gasteiger partial charge in [-0.15, -0.1) is 0 Å². The van der Waals surface area contributed by atoms with Gasteiger partial charge in [0.1, 0.15) is 0 Å². The number of pyridine rings is 1. The van der Waals surface area contributed by atoms with Gasteiger partial charge in [-0.2, -0.15) is 0 Å². The van der Waals surface area contributed by atoms with Gasteiger partial charge in [-0.05, 0) is 61.7 Å². The van der Waals surface area contributed by atoms with E-state index in [0.29, 0.717) is 0 Å². The molecule has 2 nitrogen and oxygen atoms in total. The standard InChI is InChI=1S/C18H22N2/c1-2-4-15(5-3-1)8-10-19-13-16-6-7-18-14-20-11-9-17(18)12-16/h4,6-7,9,11-12,14,19H,1-3,5,8,10,13H2. The highest BCUT2D eigenvalue weighted by molar-refractivity contribution is 5.81. The van der Waals surface area contributed by atoms with E-state index in [1.54, 1.807) is 5.57 Å². The van der Waals surface area contributed by atoms with Crippen LogP contribution in [0.1, 0.15) is 37.7 Å². The van der Waals surface area contributed by atoms with Crippen LogP contribution in [-0.4, -0.2) is 11.5 Å². The zero-order chi connectivity index (χ0) is 13.6. The first-order valence-corrected chi connectivity index (χ1v) is 7.63. The molecular formula is C18H22N2. The largest absolute Gasteiger partial charge is 0.312 e. The van der Waals surface area contributed by atoms with E-state index in [2.05, 4.69) is 40.6 Å². The number of hydrogen-bond acceptors (Lipinski definition) is 2. The summed E-state index contributed by atoms with van der Waals surface area (Å²) in [6.45, 7) is 2.03. The summed E-state index contributed by atoms with van der Waals surface area (Å²) in [6, 6.07) is 8.68. The highest BCUT2D eigenvalue weighted by atomic mass is 14.8. The predicted octanol–water partition coefficient (Wildman–Crippen LogP) is 4.21. The third-order valence-electron chi connectivity index (χ3n) is 4.04. The number of hydrogen-bond donors (Lipinski definition) is 1. The fraction of sp³-hybridized carbons (Fsp3) is 0.389. The monoisotopic (exact) mass is 266 g/mol. The smallest absolute Gasteiger partial charge is 0.0346 e. The van der Waals surface area contributed by atoms with Crippen LogP contribution in [0.4, 0.5) is 0 Å². The molecular weight excluding hydrogens is 244 g/mol.